The van der Waals surface area contributed by atoms with E-state index < -0.39 is 11.9 Å². The van der Waals surface area contributed by atoms with Gasteiger partial charge in [0, 0.05) is 23.5 Å². The Balaban J connectivity index is 1.23. The van der Waals surface area contributed by atoms with Gasteiger partial charge in [0.2, 0.25) is 12.7 Å². The Labute approximate surface area is 230 Å². The van der Waals surface area contributed by atoms with Gasteiger partial charge in [-0.25, -0.2) is 4.79 Å². The molecule has 2 N–H and O–H groups in total. The number of allylic oxidation sites excluding steroid dienone is 2. The minimum Gasteiger partial charge on any atom is -0.466 e. The SMILES string of the molecule is COC(=O)C1=C(C)NC(C)=C(C(=O)NCCCN2CCC(c3ccccc3)CC2)C1c1ccc2c(c1)OCO2. The standard InChI is InChI=1S/C31H37N3O5/c1-20-27(30(35)32-14-7-15-34-16-12-23(13-17-34)22-8-5-4-6-9-22)29(28(21(2)33-20)31(36)37-3)24-10-11-25-26(18-24)39-19-38-25/h4-6,8-11,18,23,29,33H,7,12-17,19H2,1-3H3,(H,32,35). The van der Waals surface area contributed by atoms with E-state index in [4.69, 9.17) is 14.2 Å². The number of hydrogen-bond donors (Lipinski definition) is 2. The molecule has 0 saturated carbocycles. The fourth-order valence-electron chi connectivity index (χ4n) is 5.92. The number of fused-ring (bicyclic) bond motifs is 1. The third-order valence-corrected chi connectivity index (χ3v) is 7.94. The van der Waals surface area contributed by atoms with E-state index in [0.29, 0.717) is 46.5 Å². The quantitative estimate of drug-likeness (QED) is 0.390. The highest BCUT2D eigenvalue weighted by atomic mass is 16.7. The van der Waals surface area contributed by atoms with Gasteiger partial charge in [-0.05, 0) is 81.9 Å². The number of ether oxygens (including phenoxy) is 3. The van der Waals surface area contributed by atoms with E-state index in [0.717, 1.165) is 44.5 Å². The molecule has 0 radical (unpaired) electrons. The van der Waals surface area contributed by atoms with Gasteiger partial charge < -0.3 is 29.7 Å². The number of likely N-dealkylation sites (tertiary alicyclic amines) is 1. The number of benzene rings is 2. The summed E-state index contributed by atoms with van der Waals surface area (Å²) in [4.78, 5) is 29.0. The van der Waals surface area contributed by atoms with Crippen LogP contribution in [0.4, 0.5) is 0 Å². The van der Waals surface area contributed by atoms with Crippen molar-refractivity contribution in [2.75, 3.05) is 40.1 Å². The Bertz CT molecular complexity index is 1280. The van der Waals surface area contributed by atoms with Gasteiger partial charge in [0.25, 0.3) is 0 Å². The first-order valence-corrected chi connectivity index (χ1v) is 13.7. The van der Waals surface area contributed by atoms with Crippen molar-refractivity contribution >= 4 is 11.9 Å². The fraction of sp³-hybridized carbons (Fsp3) is 0.419. The molecular formula is C31H37N3O5. The van der Waals surface area contributed by atoms with Crippen molar-refractivity contribution in [2.24, 2.45) is 0 Å². The van der Waals surface area contributed by atoms with Gasteiger partial charge in [0.05, 0.1) is 18.6 Å². The maximum atomic E-state index is 13.6. The van der Waals surface area contributed by atoms with Crippen LogP contribution in [-0.2, 0) is 14.3 Å². The molecule has 1 unspecified atom stereocenters. The summed E-state index contributed by atoms with van der Waals surface area (Å²) in [5.74, 6) is 0.613. The number of rotatable bonds is 8. The lowest BCUT2D eigenvalue weighted by Gasteiger charge is -2.32. The first kappa shape index (κ1) is 26.8. The second-order valence-electron chi connectivity index (χ2n) is 10.4. The van der Waals surface area contributed by atoms with Crippen molar-refractivity contribution < 1.29 is 23.8 Å². The summed E-state index contributed by atoms with van der Waals surface area (Å²) in [6.45, 7) is 7.47. The van der Waals surface area contributed by atoms with Crippen LogP contribution < -0.4 is 20.1 Å². The number of nitrogens with zero attached hydrogens (tertiary/aromatic N) is 1. The molecule has 5 rings (SSSR count). The van der Waals surface area contributed by atoms with Gasteiger partial charge in [-0.2, -0.15) is 0 Å². The summed E-state index contributed by atoms with van der Waals surface area (Å²) in [5, 5.41) is 6.33. The molecule has 3 heterocycles. The zero-order valence-corrected chi connectivity index (χ0v) is 22.9. The van der Waals surface area contributed by atoms with Crippen LogP contribution in [0.3, 0.4) is 0 Å². The molecule has 2 aromatic rings. The van der Waals surface area contributed by atoms with E-state index in [-0.39, 0.29) is 12.7 Å². The molecule has 1 fully saturated rings. The van der Waals surface area contributed by atoms with Crippen LogP contribution in [-0.4, -0.2) is 56.9 Å². The Hall–Kier alpha value is -3.78. The van der Waals surface area contributed by atoms with Gasteiger partial charge in [-0.15, -0.1) is 0 Å². The number of carbonyl (C=O) groups is 2. The van der Waals surface area contributed by atoms with Crippen molar-refractivity contribution in [2.45, 2.75) is 44.9 Å². The van der Waals surface area contributed by atoms with Crippen LogP contribution >= 0.6 is 0 Å². The Morgan fingerprint density at radius 3 is 2.44 bits per heavy atom. The Morgan fingerprint density at radius 1 is 0.974 bits per heavy atom. The van der Waals surface area contributed by atoms with E-state index in [1.54, 1.807) is 0 Å². The van der Waals surface area contributed by atoms with Crippen LogP contribution in [0.5, 0.6) is 11.5 Å². The molecule has 0 bridgehead atoms. The maximum absolute atomic E-state index is 13.6. The number of amides is 1. The lowest BCUT2D eigenvalue weighted by molar-refractivity contribution is -0.136. The minimum atomic E-state index is -0.592. The van der Waals surface area contributed by atoms with Crippen molar-refractivity contribution in [3.05, 3.63) is 82.2 Å². The van der Waals surface area contributed by atoms with E-state index in [2.05, 4.69) is 45.9 Å². The number of nitrogens with one attached hydrogen (secondary N) is 2. The second-order valence-corrected chi connectivity index (χ2v) is 10.4. The molecule has 3 aliphatic heterocycles. The zero-order chi connectivity index (χ0) is 27.4. The van der Waals surface area contributed by atoms with Crippen molar-refractivity contribution in [3.63, 3.8) is 0 Å². The normalized spacial score (nSPS) is 19.6. The minimum absolute atomic E-state index is 0.149. The largest absolute Gasteiger partial charge is 0.466 e. The molecule has 0 aliphatic carbocycles. The van der Waals surface area contributed by atoms with Crippen molar-refractivity contribution in [3.8, 4) is 11.5 Å². The Kier molecular flexibility index (Phi) is 8.21. The monoisotopic (exact) mass is 531 g/mol. The number of dihydropyridines is 1. The summed E-state index contributed by atoms with van der Waals surface area (Å²) in [6.07, 6.45) is 3.18. The average Bonchev–Trinajstić information content (AvgIpc) is 3.43. The van der Waals surface area contributed by atoms with E-state index in [1.807, 2.05) is 32.0 Å². The van der Waals surface area contributed by atoms with Crippen molar-refractivity contribution in [1.29, 1.82) is 0 Å². The average molecular weight is 532 g/mol. The van der Waals surface area contributed by atoms with E-state index >= 15 is 0 Å². The molecule has 8 heteroatoms. The van der Waals surface area contributed by atoms with Crippen LogP contribution in [0.2, 0.25) is 0 Å². The summed E-state index contributed by atoms with van der Waals surface area (Å²) in [5.41, 5.74) is 4.49. The lowest BCUT2D eigenvalue weighted by Crippen LogP contribution is -2.38. The molecular weight excluding hydrogens is 494 g/mol. The molecule has 39 heavy (non-hydrogen) atoms. The van der Waals surface area contributed by atoms with Gasteiger partial charge >= 0.3 is 5.97 Å². The maximum Gasteiger partial charge on any atom is 0.336 e. The number of piperidine rings is 1. The Morgan fingerprint density at radius 2 is 1.69 bits per heavy atom. The van der Waals surface area contributed by atoms with E-state index in [1.165, 1.54) is 12.7 Å². The number of hydrogen-bond acceptors (Lipinski definition) is 7. The van der Waals surface area contributed by atoms with E-state index in [9.17, 15) is 9.59 Å². The predicted molar refractivity (Wildman–Crippen MR) is 148 cm³/mol. The smallest absolute Gasteiger partial charge is 0.336 e. The molecule has 8 nitrogen and oxygen atoms in total. The molecule has 206 valence electrons. The topological polar surface area (TPSA) is 89.1 Å². The molecule has 0 spiro atoms. The number of carbonyl (C=O) groups excluding carboxylic acids is 2. The molecule has 1 amide bonds. The van der Waals surface area contributed by atoms with Gasteiger partial charge in [0.1, 0.15) is 0 Å². The third-order valence-electron chi connectivity index (χ3n) is 7.94. The number of esters is 1. The van der Waals surface area contributed by atoms with Crippen LogP contribution in [0.1, 0.15) is 56.1 Å². The first-order valence-electron chi connectivity index (χ1n) is 13.7. The molecule has 2 aromatic carbocycles. The molecule has 3 aliphatic rings. The predicted octanol–water partition coefficient (Wildman–Crippen LogP) is 4.21. The summed E-state index contributed by atoms with van der Waals surface area (Å²) in [7, 11) is 1.35. The highest BCUT2D eigenvalue weighted by molar-refractivity contribution is 6.02. The van der Waals surface area contributed by atoms with Gasteiger partial charge in [0.15, 0.2) is 11.5 Å². The second kappa shape index (κ2) is 11.9. The first-order chi connectivity index (χ1) is 19.0. The molecule has 0 aromatic heterocycles. The number of methoxy groups -OCH3 is 1. The highest BCUT2D eigenvalue weighted by Gasteiger charge is 2.37. The fourth-order valence-corrected chi connectivity index (χ4v) is 5.92. The van der Waals surface area contributed by atoms with Gasteiger partial charge in [-0.3, -0.25) is 4.79 Å². The highest BCUT2D eigenvalue weighted by Crippen LogP contribution is 2.42. The third kappa shape index (κ3) is 5.81. The van der Waals surface area contributed by atoms with Crippen LogP contribution in [0.15, 0.2) is 71.1 Å². The molecule has 1 atom stereocenters. The summed E-state index contributed by atoms with van der Waals surface area (Å²) >= 11 is 0. The summed E-state index contributed by atoms with van der Waals surface area (Å²) < 4.78 is 16.2. The lowest BCUT2D eigenvalue weighted by atomic mass is 9.80. The molecule has 1 saturated heterocycles. The van der Waals surface area contributed by atoms with Crippen LogP contribution in [0.25, 0.3) is 0 Å². The summed E-state index contributed by atoms with van der Waals surface area (Å²) in [6, 6.07) is 16.3. The van der Waals surface area contributed by atoms with Gasteiger partial charge in [-0.1, -0.05) is 36.4 Å². The zero-order valence-electron chi connectivity index (χ0n) is 22.9. The van der Waals surface area contributed by atoms with Crippen molar-refractivity contribution in [1.82, 2.24) is 15.5 Å². The van der Waals surface area contributed by atoms with Crippen LogP contribution in [0, 0.1) is 0 Å².